The normalized spacial score (nSPS) is 29.3. The summed E-state index contributed by atoms with van der Waals surface area (Å²) in [6, 6.07) is 0.734. The highest BCUT2D eigenvalue weighted by molar-refractivity contribution is 7.90. The maximum Gasteiger partial charge on any atom is 0.215 e. The van der Waals surface area contributed by atoms with Crippen molar-refractivity contribution in [2.75, 3.05) is 26.2 Å². The lowest BCUT2D eigenvalue weighted by Crippen LogP contribution is -2.50. The van der Waals surface area contributed by atoms with Gasteiger partial charge < -0.3 is 10.2 Å². The van der Waals surface area contributed by atoms with E-state index in [0.717, 1.165) is 32.4 Å². The van der Waals surface area contributed by atoms with Gasteiger partial charge >= 0.3 is 0 Å². The first-order valence-electron chi connectivity index (χ1n) is 7.99. The molecule has 0 radical (unpaired) electrons. The lowest BCUT2D eigenvalue weighted by atomic mass is 9.99. The van der Waals surface area contributed by atoms with E-state index >= 15 is 0 Å². The van der Waals surface area contributed by atoms with Gasteiger partial charge in [0.25, 0.3) is 0 Å². The highest BCUT2D eigenvalue weighted by atomic mass is 32.2. The number of piperidine rings is 1. The first-order valence-corrected chi connectivity index (χ1v) is 9.53. The monoisotopic (exact) mass is 303 g/mol. The maximum absolute atomic E-state index is 12.3. The fraction of sp³-hybridized carbons (Fsp3) is 1.00. The lowest BCUT2D eigenvalue weighted by molar-refractivity contribution is 0.176. The molecule has 6 heteroatoms. The van der Waals surface area contributed by atoms with Gasteiger partial charge in [0.1, 0.15) is 0 Å². The Morgan fingerprint density at radius 3 is 2.85 bits per heavy atom. The second-order valence-corrected chi connectivity index (χ2v) is 8.36. The molecule has 0 aromatic heterocycles. The number of nitrogens with zero attached hydrogens (tertiary/aromatic N) is 1. The van der Waals surface area contributed by atoms with Crippen molar-refractivity contribution in [3.05, 3.63) is 0 Å². The molecule has 2 saturated heterocycles. The van der Waals surface area contributed by atoms with Gasteiger partial charge in [-0.2, -0.15) is 0 Å². The minimum atomic E-state index is -3.20. The van der Waals surface area contributed by atoms with Gasteiger partial charge in [-0.25, -0.2) is 13.1 Å². The summed E-state index contributed by atoms with van der Waals surface area (Å²) in [5, 5.41) is 2.82. The van der Waals surface area contributed by atoms with Crippen LogP contribution in [0, 0.1) is 0 Å². The summed E-state index contributed by atoms with van der Waals surface area (Å²) < 4.78 is 27.6. The fourth-order valence-corrected chi connectivity index (χ4v) is 4.52. The van der Waals surface area contributed by atoms with E-state index in [-0.39, 0.29) is 11.3 Å². The van der Waals surface area contributed by atoms with Crippen molar-refractivity contribution in [1.29, 1.82) is 0 Å². The van der Waals surface area contributed by atoms with Crippen molar-refractivity contribution >= 4 is 10.0 Å². The van der Waals surface area contributed by atoms with E-state index in [4.69, 9.17) is 0 Å². The Bertz CT molecular complexity index is 399. The minimum absolute atomic E-state index is 0.132. The van der Waals surface area contributed by atoms with Crippen LogP contribution < -0.4 is 10.0 Å². The van der Waals surface area contributed by atoms with Crippen LogP contribution in [0.15, 0.2) is 0 Å². The second-order valence-electron chi connectivity index (χ2n) is 6.23. The van der Waals surface area contributed by atoms with Crippen molar-refractivity contribution in [2.45, 2.75) is 63.3 Å². The molecule has 0 bridgehead atoms. The highest BCUT2D eigenvalue weighted by Gasteiger charge is 2.34. The van der Waals surface area contributed by atoms with E-state index in [9.17, 15) is 8.42 Å². The third-order valence-corrected chi connectivity index (χ3v) is 6.43. The first-order chi connectivity index (χ1) is 9.53. The molecule has 3 atom stereocenters. The molecule has 20 heavy (non-hydrogen) atoms. The van der Waals surface area contributed by atoms with Gasteiger partial charge in [0.05, 0.1) is 5.25 Å². The molecule has 0 aromatic rings. The van der Waals surface area contributed by atoms with Gasteiger partial charge in [-0.05, 0) is 58.7 Å². The Morgan fingerprint density at radius 1 is 1.30 bits per heavy atom. The highest BCUT2D eigenvalue weighted by Crippen LogP contribution is 2.27. The van der Waals surface area contributed by atoms with Crippen LogP contribution in [0.25, 0.3) is 0 Å². The van der Waals surface area contributed by atoms with Crippen LogP contribution in [0.5, 0.6) is 0 Å². The van der Waals surface area contributed by atoms with Crippen molar-refractivity contribution in [1.82, 2.24) is 14.9 Å². The zero-order chi connectivity index (χ0) is 14.6. The van der Waals surface area contributed by atoms with Crippen LogP contribution in [-0.2, 0) is 10.0 Å². The molecule has 3 unspecified atom stereocenters. The predicted molar refractivity (Wildman–Crippen MR) is 82.3 cm³/mol. The first kappa shape index (κ1) is 16.2. The van der Waals surface area contributed by atoms with Gasteiger partial charge in [0, 0.05) is 18.6 Å². The Hall–Kier alpha value is -0.170. The van der Waals surface area contributed by atoms with Crippen molar-refractivity contribution in [2.24, 2.45) is 0 Å². The van der Waals surface area contributed by atoms with Crippen LogP contribution in [0.4, 0.5) is 0 Å². The number of rotatable bonds is 7. The number of sulfonamides is 1. The number of hydrogen-bond acceptors (Lipinski definition) is 4. The SMILES string of the molecule is CCCNCC(C)S(=O)(=O)NC1CCN2CCCC2C1. The minimum Gasteiger partial charge on any atom is -0.315 e. The van der Waals surface area contributed by atoms with Crippen LogP contribution in [0.1, 0.15) is 46.0 Å². The zero-order valence-electron chi connectivity index (χ0n) is 12.8. The number of hydrogen-bond donors (Lipinski definition) is 2. The summed E-state index contributed by atoms with van der Waals surface area (Å²) >= 11 is 0. The molecule has 2 aliphatic rings. The van der Waals surface area contributed by atoms with Crippen LogP contribution >= 0.6 is 0 Å². The average Bonchev–Trinajstić information content (AvgIpc) is 2.85. The molecule has 118 valence electrons. The largest absolute Gasteiger partial charge is 0.315 e. The van der Waals surface area contributed by atoms with E-state index in [0.29, 0.717) is 12.6 Å². The van der Waals surface area contributed by atoms with Crippen LogP contribution in [0.2, 0.25) is 0 Å². The molecule has 2 heterocycles. The molecular weight excluding hydrogens is 274 g/mol. The van der Waals surface area contributed by atoms with E-state index in [1.54, 1.807) is 6.92 Å². The molecule has 2 fully saturated rings. The smallest absolute Gasteiger partial charge is 0.215 e. The maximum atomic E-state index is 12.3. The third-order valence-electron chi connectivity index (χ3n) is 4.54. The molecule has 0 amide bonds. The van der Waals surface area contributed by atoms with Gasteiger partial charge in [-0.3, -0.25) is 0 Å². The second kappa shape index (κ2) is 7.20. The van der Waals surface area contributed by atoms with E-state index < -0.39 is 10.0 Å². The van der Waals surface area contributed by atoms with Crippen molar-refractivity contribution < 1.29 is 8.42 Å². The van der Waals surface area contributed by atoms with Crippen molar-refractivity contribution in [3.8, 4) is 0 Å². The molecule has 0 aliphatic carbocycles. The van der Waals surface area contributed by atoms with Crippen LogP contribution in [-0.4, -0.2) is 56.8 Å². The number of nitrogens with one attached hydrogen (secondary N) is 2. The molecule has 0 saturated carbocycles. The summed E-state index contributed by atoms with van der Waals surface area (Å²) in [5.74, 6) is 0. The summed E-state index contributed by atoms with van der Waals surface area (Å²) in [6.45, 7) is 7.52. The van der Waals surface area contributed by atoms with E-state index in [2.05, 4.69) is 21.9 Å². The summed E-state index contributed by atoms with van der Waals surface area (Å²) in [7, 11) is -3.20. The quantitative estimate of drug-likeness (QED) is 0.687. The van der Waals surface area contributed by atoms with E-state index in [1.807, 2.05) is 0 Å². The number of fused-ring (bicyclic) bond motifs is 1. The Morgan fingerprint density at radius 2 is 2.10 bits per heavy atom. The molecule has 0 aromatic carbocycles. The Balaban J connectivity index is 1.81. The topological polar surface area (TPSA) is 61.4 Å². The zero-order valence-corrected chi connectivity index (χ0v) is 13.6. The fourth-order valence-electron chi connectivity index (χ4n) is 3.27. The Labute approximate surface area is 123 Å². The third kappa shape index (κ3) is 4.16. The van der Waals surface area contributed by atoms with Gasteiger partial charge in [0.2, 0.25) is 10.0 Å². The lowest BCUT2D eigenvalue weighted by Gasteiger charge is -2.35. The molecular formula is C14H29N3O2S. The summed E-state index contributed by atoms with van der Waals surface area (Å²) in [5.41, 5.74) is 0. The summed E-state index contributed by atoms with van der Waals surface area (Å²) in [4.78, 5) is 2.51. The predicted octanol–water partition coefficient (Wildman–Crippen LogP) is 0.921. The molecule has 2 N–H and O–H groups in total. The van der Waals surface area contributed by atoms with Crippen LogP contribution in [0.3, 0.4) is 0 Å². The standard InChI is InChI=1S/C14H29N3O2S/c1-3-7-15-11-12(2)20(18,19)16-13-6-9-17-8-4-5-14(17)10-13/h12-16H,3-11H2,1-2H3. The van der Waals surface area contributed by atoms with Gasteiger partial charge in [-0.1, -0.05) is 6.92 Å². The van der Waals surface area contributed by atoms with Gasteiger partial charge in [0.15, 0.2) is 0 Å². The molecule has 2 aliphatic heterocycles. The molecule has 0 spiro atoms. The Kier molecular flexibility index (Phi) is 5.84. The van der Waals surface area contributed by atoms with Crippen molar-refractivity contribution in [3.63, 3.8) is 0 Å². The molecule has 5 nitrogen and oxygen atoms in total. The average molecular weight is 303 g/mol. The van der Waals surface area contributed by atoms with Gasteiger partial charge in [-0.15, -0.1) is 0 Å². The van der Waals surface area contributed by atoms with E-state index in [1.165, 1.54) is 19.4 Å². The summed E-state index contributed by atoms with van der Waals surface area (Å²) in [6.07, 6.45) is 5.45. The molecule has 2 rings (SSSR count).